The first-order chi connectivity index (χ1) is 5.37. The van der Waals surface area contributed by atoms with Gasteiger partial charge in [0.15, 0.2) is 0 Å². The van der Waals surface area contributed by atoms with E-state index in [0.29, 0.717) is 5.54 Å². The summed E-state index contributed by atoms with van der Waals surface area (Å²) in [6.45, 7) is 2.29. The molecule has 0 amide bonds. The Labute approximate surface area is 68.0 Å². The number of nitrogens with zero attached hydrogens (tertiary/aromatic N) is 1. The molecule has 0 atom stereocenters. The summed E-state index contributed by atoms with van der Waals surface area (Å²) in [5.41, 5.74) is 0.503. The third-order valence-corrected chi connectivity index (χ3v) is 3.09. The fraction of sp³-hybridized carbons (Fsp3) is 0.600. The van der Waals surface area contributed by atoms with Gasteiger partial charge >= 0.3 is 0 Å². The van der Waals surface area contributed by atoms with Crippen LogP contribution in [0.1, 0.15) is 32.6 Å². The molecule has 1 aliphatic carbocycles. The maximum absolute atomic E-state index is 2.39. The van der Waals surface area contributed by atoms with Gasteiger partial charge in [-0.15, -0.1) is 0 Å². The lowest BCUT2D eigenvalue weighted by Crippen LogP contribution is -2.38. The van der Waals surface area contributed by atoms with Gasteiger partial charge in [0, 0.05) is 17.9 Å². The highest BCUT2D eigenvalue weighted by Crippen LogP contribution is 2.41. The summed E-state index contributed by atoms with van der Waals surface area (Å²) >= 11 is 0. The van der Waals surface area contributed by atoms with Crippen LogP contribution in [0.5, 0.6) is 0 Å². The van der Waals surface area contributed by atoms with Crippen molar-refractivity contribution < 1.29 is 0 Å². The minimum absolute atomic E-state index is 0.503. The van der Waals surface area contributed by atoms with Crippen molar-refractivity contribution in [1.82, 2.24) is 4.57 Å². The Morgan fingerprint density at radius 1 is 1.27 bits per heavy atom. The van der Waals surface area contributed by atoms with E-state index in [1.54, 1.807) is 0 Å². The second-order valence-electron chi connectivity index (χ2n) is 3.52. The van der Waals surface area contributed by atoms with E-state index < -0.39 is 0 Å². The predicted molar refractivity (Wildman–Crippen MR) is 46.5 cm³/mol. The minimum Gasteiger partial charge on any atom is -0.348 e. The summed E-state index contributed by atoms with van der Waals surface area (Å²) in [6.07, 6.45) is 9.83. The molecule has 0 aromatic carbocycles. The number of hydrogen-bond donors (Lipinski definition) is 0. The fourth-order valence-electron chi connectivity index (χ4n) is 2.03. The van der Waals surface area contributed by atoms with Gasteiger partial charge in [0.25, 0.3) is 0 Å². The van der Waals surface area contributed by atoms with Crippen LogP contribution in [0.25, 0.3) is 0 Å². The molecule has 0 aliphatic heterocycles. The van der Waals surface area contributed by atoms with Gasteiger partial charge in [-0.25, -0.2) is 0 Å². The summed E-state index contributed by atoms with van der Waals surface area (Å²) in [5.74, 6) is 0. The molecular formula is C10H15N. The first kappa shape index (κ1) is 6.96. The lowest BCUT2D eigenvalue weighted by atomic mass is 9.74. The van der Waals surface area contributed by atoms with Gasteiger partial charge in [0.1, 0.15) is 0 Å². The van der Waals surface area contributed by atoms with Gasteiger partial charge in [0.05, 0.1) is 0 Å². The van der Waals surface area contributed by atoms with Crippen molar-refractivity contribution in [2.75, 3.05) is 0 Å². The van der Waals surface area contributed by atoms with Crippen molar-refractivity contribution in [3.63, 3.8) is 0 Å². The average Bonchev–Trinajstić information content (AvgIpc) is 2.39. The monoisotopic (exact) mass is 149 g/mol. The zero-order chi connectivity index (χ0) is 7.73. The molecule has 11 heavy (non-hydrogen) atoms. The predicted octanol–water partition coefficient (Wildman–Crippen LogP) is 2.78. The largest absolute Gasteiger partial charge is 0.348 e. The number of rotatable bonds is 2. The van der Waals surface area contributed by atoms with Crippen LogP contribution in [0.3, 0.4) is 0 Å². The van der Waals surface area contributed by atoms with E-state index in [0.717, 1.165) is 0 Å². The van der Waals surface area contributed by atoms with Crippen LogP contribution in [0.15, 0.2) is 24.5 Å². The molecule has 1 heterocycles. The summed E-state index contributed by atoms with van der Waals surface area (Å²) in [7, 11) is 0. The minimum atomic E-state index is 0.503. The van der Waals surface area contributed by atoms with Crippen LogP contribution < -0.4 is 0 Å². The molecule has 0 N–H and O–H groups in total. The molecule has 1 aromatic rings. The van der Waals surface area contributed by atoms with Crippen molar-refractivity contribution in [2.45, 2.75) is 38.1 Å². The topological polar surface area (TPSA) is 4.93 Å². The zero-order valence-electron chi connectivity index (χ0n) is 7.09. The van der Waals surface area contributed by atoms with Crippen LogP contribution in [0.4, 0.5) is 0 Å². The van der Waals surface area contributed by atoms with E-state index in [9.17, 15) is 0 Å². The van der Waals surface area contributed by atoms with Gasteiger partial charge in [-0.05, 0) is 37.8 Å². The Morgan fingerprint density at radius 2 is 1.91 bits per heavy atom. The second kappa shape index (κ2) is 2.40. The maximum Gasteiger partial charge on any atom is 0.0437 e. The molecule has 0 radical (unpaired) electrons. The molecule has 0 saturated heterocycles. The summed E-state index contributed by atoms with van der Waals surface area (Å²) in [6, 6.07) is 4.24. The van der Waals surface area contributed by atoms with E-state index in [4.69, 9.17) is 0 Å². The summed E-state index contributed by atoms with van der Waals surface area (Å²) in [5, 5.41) is 0. The Balaban J connectivity index is 2.25. The van der Waals surface area contributed by atoms with Crippen molar-refractivity contribution >= 4 is 0 Å². The van der Waals surface area contributed by atoms with E-state index in [2.05, 4.69) is 36.0 Å². The smallest absolute Gasteiger partial charge is 0.0437 e. The third kappa shape index (κ3) is 0.907. The van der Waals surface area contributed by atoms with Crippen molar-refractivity contribution in [2.24, 2.45) is 0 Å². The highest BCUT2D eigenvalue weighted by atomic mass is 15.0. The molecule has 1 saturated carbocycles. The van der Waals surface area contributed by atoms with Gasteiger partial charge < -0.3 is 4.57 Å². The highest BCUT2D eigenvalue weighted by molar-refractivity contribution is 5.02. The van der Waals surface area contributed by atoms with E-state index in [1.165, 1.54) is 25.7 Å². The molecule has 1 aromatic heterocycles. The van der Waals surface area contributed by atoms with Gasteiger partial charge in [-0.3, -0.25) is 0 Å². The highest BCUT2D eigenvalue weighted by Gasteiger charge is 2.35. The molecular weight excluding hydrogens is 134 g/mol. The Morgan fingerprint density at radius 3 is 2.27 bits per heavy atom. The summed E-state index contributed by atoms with van der Waals surface area (Å²) in [4.78, 5) is 0. The normalized spacial score (nSPS) is 21.2. The first-order valence-corrected chi connectivity index (χ1v) is 4.51. The zero-order valence-corrected chi connectivity index (χ0v) is 7.09. The summed E-state index contributed by atoms with van der Waals surface area (Å²) < 4.78 is 2.39. The molecule has 0 spiro atoms. The van der Waals surface area contributed by atoms with Crippen molar-refractivity contribution in [3.05, 3.63) is 24.5 Å². The molecule has 1 aliphatic rings. The quantitative estimate of drug-likeness (QED) is 0.609. The SMILES string of the molecule is CCC1(n2cccc2)CCC1. The number of hydrogen-bond acceptors (Lipinski definition) is 0. The standard InChI is InChI=1S/C10H15N/c1-2-10(6-5-7-10)11-8-3-4-9-11/h3-4,8-9H,2,5-7H2,1H3. The molecule has 0 unspecified atom stereocenters. The fourth-order valence-corrected chi connectivity index (χ4v) is 2.03. The Hall–Kier alpha value is -0.720. The lowest BCUT2D eigenvalue weighted by Gasteiger charge is -2.42. The van der Waals surface area contributed by atoms with Crippen LogP contribution in [0, 0.1) is 0 Å². The number of aromatic nitrogens is 1. The van der Waals surface area contributed by atoms with Crippen molar-refractivity contribution in [1.29, 1.82) is 0 Å². The molecule has 0 bridgehead atoms. The van der Waals surface area contributed by atoms with Crippen LogP contribution in [-0.2, 0) is 5.54 Å². The van der Waals surface area contributed by atoms with Crippen LogP contribution in [-0.4, -0.2) is 4.57 Å². The van der Waals surface area contributed by atoms with Crippen LogP contribution in [0.2, 0.25) is 0 Å². The third-order valence-electron chi connectivity index (χ3n) is 3.09. The Bertz CT molecular complexity index is 214. The van der Waals surface area contributed by atoms with Gasteiger partial charge in [0.2, 0.25) is 0 Å². The molecule has 2 rings (SSSR count). The van der Waals surface area contributed by atoms with Gasteiger partial charge in [-0.1, -0.05) is 6.92 Å². The Kier molecular flexibility index (Phi) is 1.52. The first-order valence-electron chi connectivity index (χ1n) is 4.51. The molecule has 1 fully saturated rings. The second-order valence-corrected chi connectivity index (χ2v) is 3.52. The van der Waals surface area contributed by atoms with E-state index in [-0.39, 0.29) is 0 Å². The van der Waals surface area contributed by atoms with E-state index >= 15 is 0 Å². The molecule has 1 heteroatoms. The van der Waals surface area contributed by atoms with Crippen LogP contribution >= 0.6 is 0 Å². The molecule has 60 valence electrons. The van der Waals surface area contributed by atoms with E-state index in [1.807, 2.05) is 0 Å². The van der Waals surface area contributed by atoms with Crippen molar-refractivity contribution in [3.8, 4) is 0 Å². The maximum atomic E-state index is 2.39. The lowest BCUT2D eigenvalue weighted by molar-refractivity contribution is 0.137. The average molecular weight is 149 g/mol. The van der Waals surface area contributed by atoms with Gasteiger partial charge in [-0.2, -0.15) is 0 Å². The molecule has 1 nitrogen and oxygen atoms in total.